The van der Waals surface area contributed by atoms with Gasteiger partial charge in [-0.15, -0.1) is 11.3 Å². The smallest absolute Gasteiger partial charge is 0.164 e. The largest absolute Gasteiger partial charge is 0.456 e. The van der Waals surface area contributed by atoms with Crippen LogP contribution in [0.2, 0.25) is 0 Å². The number of para-hydroxylation sites is 1. The molecule has 0 aliphatic carbocycles. The van der Waals surface area contributed by atoms with Gasteiger partial charge in [-0.05, 0) is 58.1 Å². The highest BCUT2D eigenvalue weighted by Gasteiger charge is 2.20. The fourth-order valence-corrected chi connectivity index (χ4v) is 9.10. The number of nitrogens with zero attached hydrogens (tertiary/aromatic N) is 3. The van der Waals surface area contributed by atoms with E-state index in [-0.39, 0.29) is 0 Å². The van der Waals surface area contributed by atoms with Crippen LogP contribution >= 0.6 is 11.3 Å². The lowest BCUT2D eigenvalue weighted by molar-refractivity contribution is 0.669. The van der Waals surface area contributed by atoms with Crippen LogP contribution in [0.15, 0.2) is 192 Å². The van der Waals surface area contributed by atoms with Crippen molar-refractivity contribution in [2.75, 3.05) is 0 Å². The predicted octanol–water partition coefficient (Wildman–Crippen LogP) is 14.1. The molecule has 0 unspecified atom stereocenters. The molecule has 3 heterocycles. The van der Waals surface area contributed by atoms with E-state index in [2.05, 4.69) is 146 Å². The van der Waals surface area contributed by atoms with Crippen LogP contribution in [0.5, 0.6) is 0 Å². The highest BCUT2D eigenvalue weighted by molar-refractivity contribution is 7.26. The van der Waals surface area contributed by atoms with Crippen LogP contribution in [-0.2, 0) is 0 Å². The van der Waals surface area contributed by atoms with E-state index in [1.54, 1.807) is 0 Å². The van der Waals surface area contributed by atoms with Crippen molar-refractivity contribution in [2.24, 2.45) is 0 Å². The molecule has 3 aromatic heterocycles. The summed E-state index contributed by atoms with van der Waals surface area (Å²) in [6.45, 7) is 0. The van der Waals surface area contributed by atoms with E-state index in [1.807, 2.05) is 53.8 Å². The molecule has 0 saturated heterocycles. The van der Waals surface area contributed by atoms with Crippen LogP contribution < -0.4 is 0 Å². The van der Waals surface area contributed by atoms with E-state index in [0.717, 1.165) is 66.4 Å². The van der Waals surface area contributed by atoms with Crippen LogP contribution in [0, 0.1) is 0 Å². The Morgan fingerprint density at radius 2 is 0.911 bits per heavy atom. The maximum atomic E-state index is 6.51. The summed E-state index contributed by atoms with van der Waals surface area (Å²) in [4.78, 5) is 15.2. The van der Waals surface area contributed by atoms with Gasteiger partial charge in [-0.2, -0.15) is 0 Å². The summed E-state index contributed by atoms with van der Waals surface area (Å²) < 4.78 is 8.91. The fraction of sp³-hybridized carbons (Fsp3) is 0. The normalized spacial score (nSPS) is 11.6. The zero-order valence-corrected chi connectivity index (χ0v) is 30.9. The number of furan rings is 1. The third-order valence-electron chi connectivity index (χ3n) is 10.5. The topological polar surface area (TPSA) is 51.8 Å². The first-order valence-corrected chi connectivity index (χ1v) is 19.5. The monoisotopic (exact) mass is 733 g/mol. The first kappa shape index (κ1) is 32.2. The SMILES string of the molecule is c1ccc(-c2cccc(-c3nc(-c4ccccc4)nc(-c4ccc5c(c4)sc4c(-c6cc(-c7ccccc7)cc7oc8ccccc8c67)cccc45)n3)c2)cc1. The third kappa shape index (κ3) is 5.56. The molecule has 0 radical (unpaired) electrons. The number of rotatable bonds is 6. The Kier molecular flexibility index (Phi) is 7.64. The highest BCUT2D eigenvalue weighted by atomic mass is 32.1. The summed E-state index contributed by atoms with van der Waals surface area (Å²) in [7, 11) is 0. The van der Waals surface area contributed by atoms with E-state index < -0.39 is 0 Å². The van der Waals surface area contributed by atoms with Crippen LogP contribution in [0.4, 0.5) is 0 Å². The molecule has 8 aromatic carbocycles. The minimum atomic E-state index is 0.639. The summed E-state index contributed by atoms with van der Waals surface area (Å²) in [5, 5.41) is 4.68. The van der Waals surface area contributed by atoms with E-state index >= 15 is 0 Å². The predicted molar refractivity (Wildman–Crippen MR) is 233 cm³/mol. The summed E-state index contributed by atoms with van der Waals surface area (Å²) in [6.07, 6.45) is 0. The van der Waals surface area contributed by atoms with Crippen molar-refractivity contribution < 1.29 is 4.42 Å². The van der Waals surface area contributed by atoms with E-state index in [1.165, 1.54) is 25.7 Å². The van der Waals surface area contributed by atoms with Gasteiger partial charge in [0.25, 0.3) is 0 Å². The molecule has 5 heteroatoms. The minimum Gasteiger partial charge on any atom is -0.456 e. The molecule has 11 rings (SSSR count). The van der Waals surface area contributed by atoms with Crippen molar-refractivity contribution in [3.8, 4) is 67.5 Å². The standard InChI is InChI=1S/C51H31N3OS/c1-4-14-32(15-5-1)35-20-12-21-36(28-35)50-52-49(34-18-8-3-9-19-34)53-51(54-50)37-26-27-39-40-23-13-24-41(48(40)56-46(39)31-37)43-29-38(33-16-6-2-7-17-33)30-45-47(43)42-22-10-11-25-44(42)55-45/h1-31H. The molecule has 11 aromatic rings. The second-order valence-corrected chi connectivity index (χ2v) is 15.0. The van der Waals surface area contributed by atoms with Gasteiger partial charge in [0.15, 0.2) is 17.5 Å². The number of aromatic nitrogens is 3. The molecule has 262 valence electrons. The zero-order valence-electron chi connectivity index (χ0n) is 30.1. The lowest BCUT2D eigenvalue weighted by atomic mass is 9.93. The average Bonchev–Trinajstić information content (AvgIpc) is 3.85. The van der Waals surface area contributed by atoms with Gasteiger partial charge in [0.1, 0.15) is 11.2 Å². The molecule has 56 heavy (non-hydrogen) atoms. The van der Waals surface area contributed by atoms with Gasteiger partial charge in [-0.3, -0.25) is 0 Å². The number of hydrogen-bond acceptors (Lipinski definition) is 5. The molecule has 0 aliphatic rings. The Bertz CT molecular complexity index is 3240. The minimum absolute atomic E-state index is 0.639. The second-order valence-electron chi connectivity index (χ2n) is 14.0. The molecule has 0 aliphatic heterocycles. The van der Waals surface area contributed by atoms with Crippen molar-refractivity contribution in [3.63, 3.8) is 0 Å². The maximum absolute atomic E-state index is 6.51. The van der Waals surface area contributed by atoms with Crippen molar-refractivity contribution in [3.05, 3.63) is 188 Å². The Labute approximate surface area is 327 Å². The third-order valence-corrected chi connectivity index (χ3v) is 11.7. The number of thiophene rings is 1. The maximum Gasteiger partial charge on any atom is 0.164 e. The van der Waals surface area contributed by atoms with Crippen LogP contribution in [0.1, 0.15) is 0 Å². The molecular weight excluding hydrogens is 703 g/mol. The molecule has 0 saturated carbocycles. The Balaban J connectivity index is 1.08. The quantitative estimate of drug-likeness (QED) is 0.171. The zero-order chi connectivity index (χ0) is 37.0. The van der Waals surface area contributed by atoms with Gasteiger partial charge >= 0.3 is 0 Å². The molecule has 4 nitrogen and oxygen atoms in total. The van der Waals surface area contributed by atoms with E-state index in [0.29, 0.717) is 17.5 Å². The second kappa shape index (κ2) is 13.3. The van der Waals surface area contributed by atoms with Gasteiger partial charge in [-0.1, -0.05) is 158 Å². The molecule has 0 amide bonds. The van der Waals surface area contributed by atoms with E-state index in [9.17, 15) is 0 Å². The van der Waals surface area contributed by atoms with Crippen molar-refractivity contribution in [1.82, 2.24) is 15.0 Å². The molecule has 0 N–H and O–H groups in total. The van der Waals surface area contributed by atoms with Gasteiger partial charge in [-0.25, -0.2) is 15.0 Å². The molecule has 0 spiro atoms. The van der Waals surface area contributed by atoms with E-state index in [4.69, 9.17) is 19.4 Å². The number of hydrogen-bond donors (Lipinski definition) is 0. The molecule has 0 bridgehead atoms. The van der Waals surface area contributed by atoms with Crippen LogP contribution in [-0.4, -0.2) is 15.0 Å². The van der Waals surface area contributed by atoms with Crippen LogP contribution in [0.25, 0.3) is 110 Å². The average molecular weight is 734 g/mol. The van der Waals surface area contributed by atoms with Crippen molar-refractivity contribution >= 4 is 53.4 Å². The number of benzene rings is 8. The van der Waals surface area contributed by atoms with Crippen molar-refractivity contribution in [1.29, 1.82) is 0 Å². The fourth-order valence-electron chi connectivity index (χ4n) is 7.83. The molecule has 0 fully saturated rings. The van der Waals surface area contributed by atoms with Gasteiger partial charge in [0, 0.05) is 53.2 Å². The summed E-state index contributed by atoms with van der Waals surface area (Å²) in [6, 6.07) is 65.6. The first-order valence-electron chi connectivity index (χ1n) is 18.7. The summed E-state index contributed by atoms with van der Waals surface area (Å²) >= 11 is 1.81. The Morgan fingerprint density at radius 3 is 1.66 bits per heavy atom. The molecular formula is C51H31N3OS. The lowest BCUT2D eigenvalue weighted by Crippen LogP contribution is -2.00. The first-order chi connectivity index (χ1) is 27.7. The Hall–Kier alpha value is -7.21. The molecule has 0 atom stereocenters. The highest BCUT2D eigenvalue weighted by Crippen LogP contribution is 2.46. The lowest BCUT2D eigenvalue weighted by Gasteiger charge is -2.10. The van der Waals surface area contributed by atoms with Gasteiger partial charge in [0.2, 0.25) is 0 Å². The number of fused-ring (bicyclic) bond motifs is 6. The van der Waals surface area contributed by atoms with Crippen LogP contribution in [0.3, 0.4) is 0 Å². The summed E-state index contributed by atoms with van der Waals surface area (Å²) in [5.74, 6) is 1.92. The van der Waals surface area contributed by atoms with Crippen molar-refractivity contribution in [2.45, 2.75) is 0 Å². The van der Waals surface area contributed by atoms with Gasteiger partial charge < -0.3 is 4.42 Å². The van der Waals surface area contributed by atoms with Gasteiger partial charge in [0.05, 0.1) is 0 Å². The Morgan fingerprint density at radius 1 is 0.339 bits per heavy atom. The summed E-state index contributed by atoms with van der Waals surface area (Å²) in [5.41, 5.74) is 11.5.